The number of esters is 1. The van der Waals surface area contributed by atoms with E-state index in [4.69, 9.17) is 4.74 Å². The second kappa shape index (κ2) is 11.3. The highest BCUT2D eigenvalue weighted by molar-refractivity contribution is 5.98. The van der Waals surface area contributed by atoms with Gasteiger partial charge in [0.05, 0.1) is 5.56 Å². The van der Waals surface area contributed by atoms with Gasteiger partial charge in [0.25, 0.3) is 11.8 Å². The molecule has 0 aromatic heterocycles. The number of benzene rings is 1. The SMILES string of the molecule is CC(C)[C@H](NC(=O)c1ccccc1F)C(=O)OCC(=O)NC(=O)NC1CCCCC1. The zero-order valence-electron chi connectivity index (χ0n) is 17.2. The zero-order chi connectivity index (χ0) is 22.1. The molecule has 1 aromatic carbocycles. The molecule has 4 amide bonds. The maximum atomic E-state index is 13.8. The Morgan fingerprint density at radius 3 is 2.40 bits per heavy atom. The van der Waals surface area contributed by atoms with Crippen molar-refractivity contribution in [2.24, 2.45) is 5.92 Å². The van der Waals surface area contributed by atoms with E-state index >= 15 is 0 Å². The van der Waals surface area contributed by atoms with Crippen molar-refractivity contribution >= 4 is 23.8 Å². The molecule has 0 radical (unpaired) electrons. The molecule has 0 spiro atoms. The van der Waals surface area contributed by atoms with Gasteiger partial charge in [-0.25, -0.2) is 14.0 Å². The summed E-state index contributed by atoms with van der Waals surface area (Å²) in [6.07, 6.45) is 4.94. The van der Waals surface area contributed by atoms with Crippen molar-refractivity contribution in [1.82, 2.24) is 16.0 Å². The Kier molecular flexibility index (Phi) is 8.76. The van der Waals surface area contributed by atoms with Gasteiger partial charge in [0.1, 0.15) is 11.9 Å². The molecule has 9 heteroatoms. The van der Waals surface area contributed by atoms with Gasteiger partial charge < -0.3 is 15.4 Å². The maximum absolute atomic E-state index is 13.8. The Bertz CT molecular complexity index is 778. The van der Waals surface area contributed by atoms with E-state index in [1.807, 2.05) is 0 Å². The van der Waals surface area contributed by atoms with E-state index in [1.165, 1.54) is 18.2 Å². The summed E-state index contributed by atoms with van der Waals surface area (Å²) in [4.78, 5) is 48.4. The molecule has 0 saturated heterocycles. The van der Waals surface area contributed by atoms with Crippen molar-refractivity contribution in [2.45, 2.75) is 58.0 Å². The Labute approximate surface area is 174 Å². The molecule has 1 aliphatic carbocycles. The monoisotopic (exact) mass is 421 g/mol. The number of hydrogen-bond acceptors (Lipinski definition) is 5. The molecule has 164 valence electrons. The highest BCUT2D eigenvalue weighted by Crippen LogP contribution is 2.17. The smallest absolute Gasteiger partial charge is 0.329 e. The van der Waals surface area contributed by atoms with E-state index in [9.17, 15) is 23.6 Å². The number of nitrogens with one attached hydrogen (secondary N) is 3. The molecule has 0 heterocycles. The van der Waals surface area contributed by atoms with Gasteiger partial charge in [-0.15, -0.1) is 0 Å². The van der Waals surface area contributed by atoms with E-state index < -0.39 is 42.3 Å². The number of ether oxygens (including phenoxy) is 1. The quantitative estimate of drug-likeness (QED) is 0.585. The molecular formula is C21H28FN3O5. The first-order valence-corrected chi connectivity index (χ1v) is 10.1. The van der Waals surface area contributed by atoms with Gasteiger partial charge in [0.15, 0.2) is 6.61 Å². The van der Waals surface area contributed by atoms with Crippen molar-refractivity contribution in [3.63, 3.8) is 0 Å². The predicted molar refractivity (Wildman–Crippen MR) is 107 cm³/mol. The Hall–Kier alpha value is -2.97. The average Bonchev–Trinajstić information content (AvgIpc) is 2.70. The summed E-state index contributed by atoms with van der Waals surface area (Å²) in [5, 5.41) is 7.27. The Morgan fingerprint density at radius 1 is 1.10 bits per heavy atom. The molecule has 8 nitrogen and oxygen atoms in total. The minimum absolute atomic E-state index is 0.0352. The fourth-order valence-electron chi connectivity index (χ4n) is 3.22. The normalized spacial score (nSPS) is 15.2. The lowest BCUT2D eigenvalue weighted by molar-refractivity contribution is -0.151. The van der Waals surface area contributed by atoms with E-state index in [0.717, 1.165) is 38.2 Å². The van der Waals surface area contributed by atoms with Crippen molar-refractivity contribution in [2.75, 3.05) is 6.61 Å². The number of urea groups is 1. The van der Waals surface area contributed by atoms with Crippen LogP contribution in [-0.4, -0.2) is 42.5 Å². The lowest BCUT2D eigenvalue weighted by Crippen LogP contribution is -2.48. The number of halogens is 1. The van der Waals surface area contributed by atoms with E-state index in [-0.39, 0.29) is 17.5 Å². The van der Waals surface area contributed by atoms with Crippen LogP contribution in [0.2, 0.25) is 0 Å². The number of rotatable bonds is 7. The summed E-state index contributed by atoms with van der Waals surface area (Å²) in [5.41, 5.74) is -0.201. The van der Waals surface area contributed by atoms with Crippen LogP contribution in [0.5, 0.6) is 0 Å². The van der Waals surface area contributed by atoms with Gasteiger partial charge in [-0.1, -0.05) is 45.2 Å². The third-order valence-electron chi connectivity index (χ3n) is 4.86. The number of hydrogen-bond donors (Lipinski definition) is 3. The summed E-state index contributed by atoms with van der Waals surface area (Å²) >= 11 is 0. The Balaban J connectivity index is 1.82. The highest BCUT2D eigenvalue weighted by atomic mass is 19.1. The largest absolute Gasteiger partial charge is 0.454 e. The first-order chi connectivity index (χ1) is 14.3. The fourth-order valence-corrected chi connectivity index (χ4v) is 3.22. The summed E-state index contributed by atoms with van der Waals surface area (Å²) in [7, 11) is 0. The van der Waals surface area contributed by atoms with Crippen LogP contribution < -0.4 is 16.0 Å². The topological polar surface area (TPSA) is 114 Å². The van der Waals surface area contributed by atoms with E-state index in [0.29, 0.717) is 0 Å². The van der Waals surface area contributed by atoms with Crippen molar-refractivity contribution in [1.29, 1.82) is 0 Å². The van der Waals surface area contributed by atoms with Crippen LogP contribution in [0.15, 0.2) is 24.3 Å². The van der Waals surface area contributed by atoms with Crippen LogP contribution in [0.3, 0.4) is 0 Å². The third kappa shape index (κ3) is 7.13. The fraction of sp³-hybridized carbons (Fsp3) is 0.524. The number of carbonyl (C=O) groups excluding carboxylic acids is 4. The lowest BCUT2D eigenvalue weighted by atomic mass is 9.96. The third-order valence-corrected chi connectivity index (χ3v) is 4.86. The molecule has 0 bridgehead atoms. The lowest BCUT2D eigenvalue weighted by Gasteiger charge is -2.23. The number of carbonyl (C=O) groups is 4. The van der Waals surface area contributed by atoms with Crippen molar-refractivity contribution < 1.29 is 28.3 Å². The average molecular weight is 421 g/mol. The second-order valence-corrected chi connectivity index (χ2v) is 7.64. The minimum atomic E-state index is -1.08. The van der Waals surface area contributed by atoms with E-state index in [2.05, 4.69) is 16.0 Å². The first kappa shape index (κ1) is 23.3. The van der Waals surface area contributed by atoms with Crippen LogP contribution >= 0.6 is 0 Å². The zero-order valence-corrected chi connectivity index (χ0v) is 17.2. The molecule has 0 unspecified atom stereocenters. The van der Waals surface area contributed by atoms with Gasteiger partial charge in [-0.05, 0) is 30.9 Å². The van der Waals surface area contributed by atoms with Gasteiger partial charge in [0, 0.05) is 6.04 Å². The van der Waals surface area contributed by atoms with Crippen LogP contribution in [0.4, 0.5) is 9.18 Å². The second-order valence-electron chi connectivity index (χ2n) is 7.64. The van der Waals surface area contributed by atoms with Gasteiger partial charge in [-0.2, -0.15) is 0 Å². The van der Waals surface area contributed by atoms with Crippen LogP contribution in [-0.2, 0) is 14.3 Å². The standard InChI is InChI=1S/C21H28FN3O5/c1-13(2)18(25-19(27)15-10-6-7-11-16(15)22)20(28)30-12-17(26)24-21(29)23-14-8-4-3-5-9-14/h6-7,10-11,13-14,18H,3-5,8-9,12H2,1-2H3,(H,25,27)(H2,23,24,26,29)/t18-/m0/s1. The molecule has 1 fully saturated rings. The molecule has 1 atom stereocenters. The van der Waals surface area contributed by atoms with E-state index in [1.54, 1.807) is 13.8 Å². The summed E-state index contributed by atoms with van der Waals surface area (Å²) < 4.78 is 18.7. The predicted octanol–water partition coefficient (Wildman–Crippen LogP) is 2.28. The molecule has 30 heavy (non-hydrogen) atoms. The van der Waals surface area contributed by atoms with Gasteiger partial charge in [-0.3, -0.25) is 14.9 Å². The molecule has 1 aromatic rings. The molecular weight excluding hydrogens is 393 g/mol. The minimum Gasteiger partial charge on any atom is -0.454 e. The van der Waals surface area contributed by atoms with Crippen LogP contribution in [0, 0.1) is 11.7 Å². The number of imide groups is 1. The summed E-state index contributed by atoms with van der Waals surface area (Å²) in [6.45, 7) is 2.67. The summed E-state index contributed by atoms with van der Waals surface area (Å²) in [5.74, 6) is -3.47. The van der Waals surface area contributed by atoms with Crippen molar-refractivity contribution in [3.05, 3.63) is 35.6 Å². The molecule has 2 rings (SSSR count). The van der Waals surface area contributed by atoms with Crippen molar-refractivity contribution in [3.8, 4) is 0 Å². The molecule has 0 aliphatic heterocycles. The van der Waals surface area contributed by atoms with Gasteiger partial charge in [0.2, 0.25) is 0 Å². The number of amides is 4. The summed E-state index contributed by atoms with van der Waals surface area (Å²) in [6, 6.07) is 3.71. The molecule has 1 saturated carbocycles. The van der Waals surface area contributed by atoms with Crippen LogP contribution in [0.1, 0.15) is 56.3 Å². The highest BCUT2D eigenvalue weighted by Gasteiger charge is 2.28. The van der Waals surface area contributed by atoms with Crippen LogP contribution in [0.25, 0.3) is 0 Å². The molecule has 3 N–H and O–H groups in total. The molecule has 1 aliphatic rings. The Morgan fingerprint density at radius 2 is 1.77 bits per heavy atom. The first-order valence-electron chi connectivity index (χ1n) is 10.1. The van der Waals surface area contributed by atoms with Gasteiger partial charge >= 0.3 is 12.0 Å². The maximum Gasteiger partial charge on any atom is 0.329 e.